The van der Waals surface area contributed by atoms with E-state index < -0.39 is 17.9 Å². The van der Waals surface area contributed by atoms with Gasteiger partial charge in [0, 0.05) is 23.9 Å². The molecule has 1 aromatic carbocycles. The van der Waals surface area contributed by atoms with E-state index in [0.717, 1.165) is 31.7 Å². The van der Waals surface area contributed by atoms with Crippen molar-refractivity contribution in [1.29, 1.82) is 0 Å². The Morgan fingerprint density at radius 2 is 1.62 bits per heavy atom. The summed E-state index contributed by atoms with van der Waals surface area (Å²) in [5.74, 6) is -1.04. The van der Waals surface area contributed by atoms with Gasteiger partial charge in [-0.15, -0.1) is 10.2 Å². The molecule has 186 valence electrons. The van der Waals surface area contributed by atoms with E-state index in [1.165, 1.54) is 12.1 Å². The van der Waals surface area contributed by atoms with Crippen LogP contribution >= 0.6 is 11.6 Å². The summed E-state index contributed by atoms with van der Waals surface area (Å²) >= 11 is 5.63. The fourth-order valence-electron chi connectivity index (χ4n) is 4.71. The lowest BCUT2D eigenvalue weighted by atomic mass is 9.81. The van der Waals surface area contributed by atoms with Gasteiger partial charge in [-0.05, 0) is 63.5 Å². The number of ether oxygens (including phenoxy) is 1. The summed E-state index contributed by atoms with van der Waals surface area (Å²) < 4.78 is 63.2. The second-order valence-corrected chi connectivity index (χ2v) is 9.46. The van der Waals surface area contributed by atoms with E-state index in [-0.39, 0.29) is 54.0 Å². The molecular weight excluding hydrogens is 478 g/mol. The highest BCUT2D eigenvalue weighted by Crippen LogP contribution is 2.43. The van der Waals surface area contributed by atoms with E-state index in [9.17, 15) is 22.4 Å². The average molecular weight is 504 g/mol. The predicted molar refractivity (Wildman–Crippen MR) is 115 cm³/mol. The standard InChI is InChI=1S/C23H26ClF4N3O3/c24-18-10-9-17(11-19(18)25)33-12-20(32)29-16-7-3-14(4-8-16)22-31-30-21(34-22)13-1-5-15(6-2-13)23(26,27)28/h9-11,13-16H,1-8,12H2,(H,29,32)/t13?,14-,15?,16-. The third kappa shape index (κ3) is 6.20. The van der Waals surface area contributed by atoms with E-state index >= 15 is 0 Å². The lowest BCUT2D eigenvalue weighted by Crippen LogP contribution is -2.39. The van der Waals surface area contributed by atoms with Gasteiger partial charge in [-0.3, -0.25) is 4.79 Å². The van der Waals surface area contributed by atoms with E-state index in [4.69, 9.17) is 20.8 Å². The van der Waals surface area contributed by atoms with E-state index in [0.29, 0.717) is 24.6 Å². The summed E-state index contributed by atoms with van der Waals surface area (Å²) in [4.78, 5) is 12.2. The molecule has 0 saturated heterocycles. The average Bonchev–Trinajstić information content (AvgIpc) is 3.30. The Morgan fingerprint density at radius 3 is 2.18 bits per heavy atom. The van der Waals surface area contributed by atoms with Crippen LogP contribution < -0.4 is 10.1 Å². The Balaban J connectivity index is 1.20. The number of rotatable bonds is 6. The number of benzene rings is 1. The Hall–Kier alpha value is -2.36. The van der Waals surface area contributed by atoms with Crippen LogP contribution in [0.1, 0.15) is 75.0 Å². The van der Waals surface area contributed by atoms with Gasteiger partial charge in [-0.25, -0.2) is 4.39 Å². The largest absolute Gasteiger partial charge is 0.484 e. The number of hydrogen-bond donors (Lipinski definition) is 1. The summed E-state index contributed by atoms with van der Waals surface area (Å²) in [6, 6.07) is 3.96. The number of aromatic nitrogens is 2. The first kappa shape index (κ1) is 24.8. The molecule has 1 aromatic heterocycles. The highest BCUT2D eigenvalue weighted by Gasteiger charge is 2.42. The van der Waals surface area contributed by atoms with E-state index in [1.807, 2.05) is 0 Å². The molecule has 11 heteroatoms. The van der Waals surface area contributed by atoms with Gasteiger partial charge in [0.25, 0.3) is 5.91 Å². The molecule has 0 bridgehead atoms. The first-order valence-electron chi connectivity index (χ1n) is 11.5. The molecule has 2 aliphatic rings. The maximum Gasteiger partial charge on any atom is 0.391 e. The molecule has 0 atom stereocenters. The van der Waals surface area contributed by atoms with Crippen molar-refractivity contribution in [2.75, 3.05) is 6.61 Å². The first-order chi connectivity index (χ1) is 16.2. The molecule has 34 heavy (non-hydrogen) atoms. The van der Waals surface area contributed by atoms with Crippen molar-refractivity contribution in [3.8, 4) is 5.75 Å². The molecule has 0 unspecified atom stereocenters. The number of halogens is 5. The zero-order valence-electron chi connectivity index (χ0n) is 18.4. The van der Waals surface area contributed by atoms with Crippen LogP contribution in [-0.2, 0) is 4.79 Å². The van der Waals surface area contributed by atoms with Crippen LogP contribution in [0.4, 0.5) is 17.6 Å². The van der Waals surface area contributed by atoms with Crippen LogP contribution in [0, 0.1) is 11.7 Å². The highest BCUT2D eigenvalue weighted by molar-refractivity contribution is 6.30. The molecule has 2 saturated carbocycles. The minimum atomic E-state index is -4.14. The molecule has 2 aliphatic carbocycles. The number of nitrogens with one attached hydrogen (secondary N) is 1. The normalized spacial score (nSPS) is 25.7. The number of carbonyl (C=O) groups excluding carboxylic acids is 1. The van der Waals surface area contributed by atoms with Gasteiger partial charge in [-0.1, -0.05) is 11.6 Å². The highest BCUT2D eigenvalue weighted by atomic mass is 35.5. The van der Waals surface area contributed by atoms with Gasteiger partial charge in [0.15, 0.2) is 6.61 Å². The topological polar surface area (TPSA) is 77.2 Å². The summed E-state index contributed by atoms with van der Waals surface area (Å²) in [5.41, 5.74) is 0. The maximum absolute atomic E-state index is 13.4. The van der Waals surface area contributed by atoms with Crippen LogP contribution in [0.3, 0.4) is 0 Å². The lowest BCUT2D eigenvalue weighted by molar-refractivity contribution is -0.182. The van der Waals surface area contributed by atoms with Crippen LogP contribution in [-0.4, -0.2) is 34.9 Å². The molecule has 2 aromatic rings. The molecule has 4 rings (SSSR count). The molecule has 1 amide bonds. The van der Waals surface area contributed by atoms with Crippen molar-refractivity contribution in [2.24, 2.45) is 5.92 Å². The number of amides is 1. The van der Waals surface area contributed by atoms with Crippen molar-refractivity contribution in [3.63, 3.8) is 0 Å². The SMILES string of the molecule is O=C(COc1ccc(Cl)c(F)c1)N[C@H]1CC[C@H](c2nnc(C3CCC(C(F)(F)F)CC3)o2)CC1. The Bertz CT molecular complexity index is 984. The monoisotopic (exact) mass is 503 g/mol. The molecular formula is C23H26ClF4N3O3. The van der Waals surface area contributed by atoms with Gasteiger partial charge >= 0.3 is 6.18 Å². The Morgan fingerprint density at radius 1 is 1.03 bits per heavy atom. The second kappa shape index (κ2) is 10.5. The van der Waals surface area contributed by atoms with Crippen LogP contribution in [0.5, 0.6) is 5.75 Å². The van der Waals surface area contributed by atoms with Crippen molar-refractivity contribution in [3.05, 3.63) is 40.8 Å². The predicted octanol–water partition coefficient (Wildman–Crippen LogP) is 5.92. The quantitative estimate of drug-likeness (QED) is 0.495. The number of hydrogen-bond acceptors (Lipinski definition) is 5. The van der Waals surface area contributed by atoms with Crippen LogP contribution in [0.15, 0.2) is 22.6 Å². The van der Waals surface area contributed by atoms with Crippen LogP contribution in [0.2, 0.25) is 5.02 Å². The number of carbonyl (C=O) groups is 1. The minimum absolute atomic E-state index is 0.0178. The second-order valence-electron chi connectivity index (χ2n) is 9.05. The van der Waals surface area contributed by atoms with Crippen molar-refractivity contribution in [2.45, 2.75) is 75.4 Å². The smallest absolute Gasteiger partial charge is 0.391 e. The van der Waals surface area contributed by atoms with E-state index in [2.05, 4.69) is 15.5 Å². The van der Waals surface area contributed by atoms with Gasteiger partial charge in [0.05, 0.1) is 10.9 Å². The molecule has 0 spiro atoms. The van der Waals surface area contributed by atoms with Crippen molar-refractivity contribution < 1.29 is 31.5 Å². The number of nitrogens with zero attached hydrogens (tertiary/aromatic N) is 2. The summed E-state index contributed by atoms with van der Waals surface area (Å²) in [7, 11) is 0. The molecule has 0 radical (unpaired) electrons. The molecule has 1 heterocycles. The third-order valence-corrected chi connectivity index (χ3v) is 7.00. The van der Waals surface area contributed by atoms with Crippen LogP contribution in [0.25, 0.3) is 0 Å². The van der Waals surface area contributed by atoms with Crippen molar-refractivity contribution in [1.82, 2.24) is 15.5 Å². The van der Waals surface area contributed by atoms with E-state index in [1.54, 1.807) is 0 Å². The third-order valence-electron chi connectivity index (χ3n) is 6.70. The Labute approximate surface area is 199 Å². The summed E-state index contributed by atoms with van der Waals surface area (Å²) in [6.45, 7) is -0.232. The molecule has 2 fully saturated rings. The van der Waals surface area contributed by atoms with Crippen molar-refractivity contribution >= 4 is 17.5 Å². The minimum Gasteiger partial charge on any atom is -0.484 e. The fraction of sp³-hybridized carbons (Fsp3) is 0.609. The maximum atomic E-state index is 13.4. The van der Waals surface area contributed by atoms with Gasteiger partial charge in [0.1, 0.15) is 11.6 Å². The molecule has 0 aliphatic heterocycles. The Kier molecular flexibility index (Phi) is 7.64. The lowest BCUT2D eigenvalue weighted by Gasteiger charge is -2.28. The summed E-state index contributed by atoms with van der Waals surface area (Å²) in [5, 5.41) is 11.2. The fourth-order valence-corrected chi connectivity index (χ4v) is 4.83. The zero-order chi connectivity index (χ0) is 24.3. The first-order valence-corrected chi connectivity index (χ1v) is 11.8. The van der Waals surface area contributed by atoms with Gasteiger partial charge in [-0.2, -0.15) is 13.2 Å². The van der Waals surface area contributed by atoms with Gasteiger partial charge in [0.2, 0.25) is 11.8 Å². The molecule has 1 N–H and O–H groups in total. The number of alkyl halides is 3. The summed E-state index contributed by atoms with van der Waals surface area (Å²) in [6.07, 6.45) is -0.224. The zero-order valence-corrected chi connectivity index (χ0v) is 19.2. The molecule has 6 nitrogen and oxygen atoms in total. The van der Waals surface area contributed by atoms with Gasteiger partial charge < -0.3 is 14.5 Å².